The summed E-state index contributed by atoms with van der Waals surface area (Å²) in [5.41, 5.74) is 2.06. The van der Waals surface area contributed by atoms with Crippen LogP contribution in [0.2, 0.25) is 5.02 Å². The van der Waals surface area contributed by atoms with Gasteiger partial charge in [-0.25, -0.2) is 0 Å². The van der Waals surface area contributed by atoms with Crippen LogP contribution in [-0.4, -0.2) is 5.78 Å². The van der Waals surface area contributed by atoms with Crippen LogP contribution < -0.4 is 0 Å². The van der Waals surface area contributed by atoms with E-state index < -0.39 is 0 Å². The minimum absolute atomic E-state index is 0.242. The van der Waals surface area contributed by atoms with Crippen LogP contribution in [0.4, 0.5) is 0 Å². The van der Waals surface area contributed by atoms with Crippen molar-refractivity contribution >= 4 is 29.1 Å². The summed E-state index contributed by atoms with van der Waals surface area (Å²) in [7, 11) is 0. The molecule has 0 aliphatic heterocycles. The highest BCUT2D eigenvalue weighted by atomic mass is 35.5. The van der Waals surface area contributed by atoms with E-state index in [0.717, 1.165) is 29.2 Å². The lowest BCUT2D eigenvalue weighted by Gasteiger charge is -2.04. The van der Waals surface area contributed by atoms with Gasteiger partial charge in [-0.15, -0.1) is 11.8 Å². The van der Waals surface area contributed by atoms with Crippen molar-refractivity contribution in [3.8, 4) is 0 Å². The Kier molecular flexibility index (Phi) is 6.34. The quantitative estimate of drug-likeness (QED) is 0.459. The Morgan fingerprint density at radius 3 is 2.33 bits per heavy atom. The molecule has 0 saturated carbocycles. The summed E-state index contributed by atoms with van der Waals surface area (Å²) in [5.74, 6) is 1.14. The van der Waals surface area contributed by atoms with Crippen LogP contribution in [-0.2, 0) is 5.75 Å². The van der Waals surface area contributed by atoms with Gasteiger partial charge in [-0.05, 0) is 36.2 Å². The fourth-order valence-corrected chi connectivity index (χ4v) is 2.95. The van der Waals surface area contributed by atoms with Crippen molar-refractivity contribution in [3.63, 3.8) is 0 Å². The lowest BCUT2D eigenvalue weighted by molar-refractivity contribution is 0.0979. The number of Topliss-reactive ketones (excluding diaryl/α,β-unsaturated/α-hetero) is 1. The van der Waals surface area contributed by atoms with Crippen LogP contribution in [0.1, 0.15) is 42.1 Å². The molecule has 0 aliphatic rings. The number of ketones is 1. The van der Waals surface area contributed by atoms with Crippen molar-refractivity contribution in [2.24, 2.45) is 0 Å². The Morgan fingerprint density at radius 2 is 1.71 bits per heavy atom. The number of hydrogen-bond donors (Lipinski definition) is 0. The van der Waals surface area contributed by atoms with Gasteiger partial charge in [0.2, 0.25) is 0 Å². The molecule has 2 rings (SSSR count). The molecule has 0 bridgehead atoms. The fourth-order valence-electron chi connectivity index (χ4n) is 1.97. The Labute approximate surface area is 135 Å². The number of carbonyl (C=O) groups is 1. The molecule has 0 radical (unpaired) electrons. The first-order valence-corrected chi connectivity index (χ1v) is 8.56. The maximum atomic E-state index is 11.9. The van der Waals surface area contributed by atoms with Crippen LogP contribution in [0.3, 0.4) is 0 Å². The molecule has 1 nitrogen and oxygen atoms in total. The van der Waals surface area contributed by atoms with Crippen LogP contribution >= 0.6 is 23.4 Å². The van der Waals surface area contributed by atoms with Crippen LogP contribution in [0.15, 0.2) is 53.4 Å². The zero-order chi connectivity index (χ0) is 15.1. The zero-order valence-electron chi connectivity index (χ0n) is 12.1. The highest BCUT2D eigenvalue weighted by molar-refractivity contribution is 7.98. The normalized spacial score (nSPS) is 10.6. The zero-order valence-corrected chi connectivity index (χ0v) is 13.7. The minimum atomic E-state index is 0.242. The number of thioether (sulfide) groups is 1. The van der Waals surface area contributed by atoms with E-state index in [1.165, 1.54) is 10.5 Å². The largest absolute Gasteiger partial charge is 0.294 e. The highest BCUT2D eigenvalue weighted by Gasteiger charge is 2.05. The molecular formula is C18H19ClOS. The molecule has 0 atom stereocenters. The lowest BCUT2D eigenvalue weighted by Crippen LogP contribution is -1.98. The van der Waals surface area contributed by atoms with E-state index in [1.54, 1.807) is 11.8 Å². The van der Waals surface area contributed by atoms with Gasteiger partial charge in [-0.1, -0.05) is 49.2 Å². The van der Waals surface area contributed by atoms with Crippen molar-refractivity contribution in [2.45, 2.75) is 36.8 Å². The summed E-state index contributed by atoms with van der Waals surface area (Å²) in [6, 6.07) is 15.8. The van der Waals surface area contributed by atoms with E-state index in [9.17, 15) is 4.79 Å². The van der Waals surface area contributed by atoms with E-state index in [0.29, 0.717) is 6.42 Å². The van der Waals surface area contributed by atoms with Gasteiger partial charge in [0, 0.05) is 27.7 Å². The fraction of sp³-hybridized carbons (Fsp3) is 0.278. The topological polar surface area (TPSA) is 17.1 Å². The summed E-state index contributed by atoms with van der Waals surface area (Å²) in [6.07, 6.45) is 2.67. The first-order chi connectivity index (χ1) is 10.2. The maximum Gasteiger partial charge on any atom is 0.162 e. The van der Waals surface area contributed by atoms with E-state index in [4.69, 9.17) is 11.6 Å². The summed E-state index contributed by atoms with van der Waals surface area (Å²) in [5, 5.41) is 0.763. The summed E-state index contributed by atoms with van der Waals surface area (Å²) in [6.45, 7) is 2.10. The molecule has 0 unspecified atom stereocenters. The van der Waals surface area contributed by atoms with E-state index in [-0.39, 0.29) is 5.78 Å². The molecule has 0 fully saturated rings. The Hall–Kier alpha value is -1.25. The lowest BCUT2D eigenvalue weighted by atomic mass is 10.1. The Bertz CT molecular complexity index is 575. The summed E-state index contributed by atoms with van der Waals surface area (Å²) >= 11 is 7.64. The molecule has 3 heteroatoms. The van der Waals surface area contributed by atoms with E-state index in [2.05, 4.69) is 6.92 Å². The van der Waals surface area contributed by atoms with Crippen LogP contribution in [0, 0.1) is 0 Å². The average molecular weight is 319 g/mol. The van der Waals surface area contributed by atoms with Gasteiger partial charge in [0.15, 0.2) is 5.78 Å². The van der Waals surface area contributed by atoms with Crippen molar-refractivity contribution < 1.29 is 4.79 Å². The minimum Gasteiger partial charge on any atom is -0.294 e. The second-order valence-corrected chi connectivity index (χ2v) is 6.45. The number of unbranched alkanes of at least 4 members (excludes halogenated alkanes) is 1. The standard InChI is InChI=1S/C18H19ClOS/c1-2-3-4-18(20)15-7-11-17(12-8-15)21-13-14-5-9-16(19)10-6-14/h5-12H,2-4,13H2,1H3. The first kappa shape index (κ1) is 16.1. The molecule has 0 saturated heterocycles. The van der Waals surface area contributed by atoms with Crippen molar-refractivity contribution in [3.05, 3.63) is 64.7 Å². The van der Waals surface area contributed by atoms with Gasteiger partial charge < -0.3 is 0 Å². The Balaban J connectivity index is 1.90. The number of rotatable bonds is 7. The molecule has 2 aromatic carbocycles. The molecule has 0 heterocycles. The second-order valence-electron chi connectivity index (χ2n) is 4.97. The number of hydrogen-bond acceptors (Lipinski definition) is 2. The van der Waals surface area contributed by atoms with Crippen molar-refractivity contribution in [1.29, 1.82) is 0 Å². The number of halogens is 1. The molecule has 110 valence electrons. The highest BCUT2D eigenvalue weighted by Crippen LogP contribution is 2.24. The smallest absolute Gasteiger partial charge is 0.162 e. The van der Waals surface area contributed by atoms with Gasteiger partial charge in [0.25, 0.3) is 0 Å². The molecule has 0 spiro atoms. The van der Waals surface area contributed by atoms with E-state index >= 15 is 0 Å². The van der Waals surface area contributed by atoms with Crippen molar-refractivity contribution in [1.82, 2.24) is 0 Å². The third-order valence-corrected chi connectivity index (χ3v) is 4.59. The summed E-state index contributed by atoms with van der Waals surface area (Å²) < 4.78 is 0. The van der Waals surface area contributed by atoms with Crippen molar-refractivity contribution in [2.75, 3.05) is 0 Å². The first-order valence-electron chi connectivity index (χ1n) is 7.19. The molecule has 0 amide bonds. The predicted molar refractivity (Wildman–Crippen MR) is 91.3 cm³/mol. The van der Waals surface area contributed by atoms with Gasteiger partial charge in [0.1, 0.15) is 0 Å². The van der Waals surface area contributed by atoms with Gasteiger partial charge in [-0.2, -0.15) is 0 Å². The SMILES string of the molecule is CCCCC(=O)c1ccc(SCc2ccc(Cl)cc2)cc1. The number of carbonyl (C=O) groups excluding carboxylic acids is 1. The third kappa shape index (κ3) is 5.22. The van der Waals surface area contributed by atoms with Gasteiger partial charge >= 0.3 is 0 Å². The third-order valence-electron chi connectivity index (χ3n) is 3.25. The second kappa shape index (κ2) is 8.26. The van der Waals surface area contributed by atoms with Crippen LogP contribution in [0.5, 0.6) is 0 Å². The molecule has 0 aromatic heterocycles. The van der Waals surface area contributed by atoms with Gasteiger partial charge in [-0.3, -0.25) is 4.79 Å². The van der Waals surface area contributed by atoms with E-state index in [1.807, 2.05) is 48.5 Å². The van der Waals surface area contributed by atoms with Crippen LogP contribution in [0.25, 0.3) is 0 Å². The molecular weight excluding hydrogens is 300 g/mol. The average Bonchev–Trinajstić information content (AvgIpc) is 2.52. The summed E-state index contributed by atoms with van der Waals surface area (Å²) in [4.78, 5) is 13.1. The molecule has 0 N–H and O–H groups in total. The predicted octanol–water partition coefficient (Wildman–Crippen LogP) is 6.01. The molecule has 0 aliphatic carbocycles. The monoisotopic (exact) mass is 318 g/mol. The molecule has 2 aromatic rings. The molecule has 21 heavy (non-hydrogen) atoms. The Morgan fingerprint density at radius 1 is 1.05 bits per heavy atom. The van der Waals surface area contributed by atoms with Gasteiger partial charge in [0.05, 0.1) is 0 Å². The number of benzene rings is 2. The maximum absolute atomic E-state index is 11.9.